The molecule has 0 N–H and O–H groups in total. The molecule has 0 aliphatic carbocycles. The maximum Gasteiger partial charge on any atom is 0.159 e. The second kappa shape index (κ2) is 5.50. The highest BCUT2D eigenvalue weighted by Crippen LogP contribution is 2.23. The summed E-state index contributed by atoms with van der Waals surface area (Å²) in [7, 11) is 0. The lowest BCUT2D eigenvalue weighted by atomic mass is 10.1. The SMILES string of the molecule is CC(=O)c1ccc(-n2nncc2-c2ccc(Cl)cc2)cc1. The number of halogens is 1. The molecular formula is C16H12ClN3O. The molecule has 0 unspecified atom stereocenters. The summed E-state index contributed by atoms with van der Waals surface area (Å²) in [4.78, 5) is 11.3. The Morgan fingerprint density at radius 1 is 1.05 bits per heavy atom. The molecule has 21 heavy (non-hydrogen) atoms. The summed E-state index contributed by atoms with van der Waals surface area (Å²) in [5.41, 5.74) is 3.36. The summed E-state index contributed by atoms with van der Waals surface area (Å²) in [5.74, 6) is 0.0399. The van der Waals surface area contributed by atoms with E-state index in [0.717, 1.165) is 16.9 Å². The molecule has 2 aromatic carbocycles. The quantitative estimate of drug-likeness (QED) is 0.691. The molecule has 0 aliphatic heterocycles. The number of hydrogen-bond acceptors (Lipinski definition) is 3. The highest BCUT2D eigenvalue weighted by molar-refractivity contribution is 6.30. The highest BCUT2D eigenvalue weighted by atomic mass is 35.5. The number of carbonyl (C=O) groups is 1. The predicted octanol–water partition coefficient (Wildman–Crippen LogP) is 3.79. The van der Waals surface area contributed by atoms with Crippen LogP contribution in [0.15, 0.2) is 54.7 Å². The number of hydrogen-bond donors (Lipinski definition) is 0. The Morgan fingerprint density at radius 2 is 1.71 bits per heavy atom. The fourth-order valence-electron chi connectivity index (χ4n) is 2.08. The first-order valence-electron chi connectivity index (χ1n) is 6.43. The van der Waals surface area contributed by atoms with E-state index in [4.69, 9.17) is 11.6 Å². The zero-order valence-corrected chi connectivity index (χ0v) is 12.1. The first kappa shape index (κ1) is 13.5. The van der Waals surface area contributed by atoms with Gasteiger partial charge in [-0.25, -0.2) is 4.68 Å². The van der Waals surface area contributed by atoms with Crippen molar-refractivity contribution in [1.82, 2.24) is 15.0 Å². The van der Waals surface area contributed by atoms with Crippen LogP contribution in [-0.4, -0.2) is 20.8 Å². The normalized spacial score (nSPS) is 10.6. The van der Waals surface area contributed by atoms with Crippen LogP contribution in [0.5, 0.6) is 0 Å². The summed E-state index contributed by atoms with van der Waals surface area (Å²) < 4.78 is 1.73. The number of ketones is 1. The number of aromatic nitrogens is 3. The van der Waals surface area contributed by atoms with E-state index in [1.54, 1.807) is 29.9 Å². The summed E-state index contributed by atoms with van der Waals surface area (Å²) in [6.07, 6.45) is 1.70. The minimum atomic E-state index is 0.0399. The van der Waals surface area contributed by atoms with E-state index < -0.39 is 0 Å². The summed E-state index contributed by atoms with van der Waals surface area (Å²) in [6, 6.07) is 14.8. The third-order valence-electron chi connectivity index (χ3n) is 3.21. The molecule has 1 aromatic heterocycles. The van der Waals surface area contributed by atoms with Gasteiger partial charge in [-0.2, -0.15) is 0 Å². The van der Waals surface area contributed by atoms with Crippen molar-refractivity contribution >= 4 is 17.4 Å². The Kier molecular flexibility index (Phi) is 3.54. The lowest BCUT2D eigenvalue weighted by molar-refractivity contribution is 0.101. The van der Waals surface area contributed by atoms with Crippen LogP contribution in [0.2, 0.25) is 5.02 Å². The number of Topliss-reactive ketones (excluding diaryl/α,β-unsaturated/α-hetero) is 1. The average Bonchev–Trinajstić information content (AvgIpc) is 2.97. The smallest absolute Gasteiger partial charge is 0.159 e. The van der Waals surface area contributed by atoms with Crippen molar-refractivity contribution in [3.05, 3.63) is 65.3 Å². The zero-order valence-electron chi connectivity index (χ0n) is 11.3. The third-order valence-corrected chi connectivity index (χ3v) is 3.46. The lowest BCUT2D eigenvalue weighted by Gasteiger charge is -2.07. The van der Waals surface area contributed by atoms with Crippen molar-refractivity contribution in [3.63, 3.8) is 0 Å². The second-order valence-corrected chi connectivity index (χ2v) is 5.08. The molecule has 3 rings (SSSR count). The minimum absolute atomic E-state index is 0.0399. The first-order valence-corrected chi connectivity index (χ1v) is 6.81. The van der Waals surface area contributed by atoms with Gasteiger partial charge >= 0.3 is 0 Å². The van der Waals surface area contributed by atoms with E-state index in [2.05, 4.69) is 10.3 Å². The molecule has 0 saturated heterocycles. The van der Waals surface area contributed by atoms with E-state index in [0.29, 0.717) is 10.6 Å². The highest BCUT2D eigenvalue weighted by Gasteiger charge is 2.09. The van der Waals surface area contributed by atoms with Crippen molar-refractivity contribution < 1.29 is 4.79 Å². The van der Waals surface area contributed by atoms with Crippen LogP contribution in [0.3, 0.4) is 0 Å². The molecule has 0 bridgehead atoms. The largest absolute Gasteiger partial charge is 0.295 e. The summed E-state index contributed by atoms with van der Waals surface area (Å²) in [5, 5.41) is 8.76. The van der Waals surface area contributed by atoms with Gasteiger partial charge in [0.05, 0.1) is 17.6 Å². The van der Waals surface area contributed by atoms with Crippen LogP contribution < -0.4 is 0 Å². The number of rotatable bonds is 3. The van der Waals surface area contributed by atoms with Crippen molar-refractivity contribution in [2.24, 2.45) is 0 Å². The van der Waals surface area contributed by atoms with Gasteiger partial charge in [-0.05, 0) is 43.3 Å². The van der Waals surface area contributed by atoms with Gasteiger partial charge in [0.15, 0.2) is 5.78 Å². The van der Waals surface area contributed by atoms with Gasteiger partial charge in [-0.1, -0.05) is 28.9 Å². The summed E-state index contributed by atoms with van der Waals surface area (Å²) >= 11 is 5.91. The second-order valence-electron chi connectivity index (χ2n) is 4.64. The van der Waals surface area contributed by atoms with Crippen LogP contribution in [0.1, 0.15) is 17.3 Å². The standard InChI is InChI=1S/C16H12ClN3O/c1-11(21)12-4-8-15(9-5-12)20-16(10-18-19-20)13-2-6-14(17)7-3-13/h2-10H,1H3. The molecule has 104 valence electrons. The fourth-order valence-corrected chi connectivity index (χ4v) is 2.21. The van der Waals surface area contributed by atoms with Gasteiger partial charge in [0, 0.05) is 16.1 Å². The van der Waals surface area contributed by atoms with E-state index in [-0.39, 0.29) is 5.78 Å². The number of nitrogens with zero attached hydrogens (tertiary/aromatic N) is 3. The molecule has 0 spiro atoms. The lowest BCUT2D eigenvalue weighted by Crippen LogP contribution is -2.00. The van der Waals surface area contributed by atoms with Gasteiger partial charge in [0.2, 0.25) is 0 Å². The van der Waals surface area contributed by atoms with E-state index in [1.807, 2.05) is 36.4 Å². The van der Waals surface area contributed by atoms with Crippen LogP contribution in [0.4, 0.5) is 0 Å². The molecule has 5 heteroatoms. The molecule has 4 nitrogen and oxygen atoms in total. The molecule has 0 atom stereocenters. The Balaban J connectivity index is 2.02. The van der Waals surface area contributed by atoms with Gasteiger partial charge in [0.1, 0.15) is 0 Å². The van der Waals surface area contributed by atoms with Gasteiger partial charge < -0.3 is 0 Å². The summed E-state index contributed by atoms with van der Waals surface area (Å²) in [6.45, 7) is 1.55. The Bertz CT molecular complexity index is 776. The Labute approximate surface area is 127 Å². The number of benzene rings is 2. The zero-order chi connectivity index (χ0) is 14.8. The van der Waals surface area contributed by atoms with Gasteiger partial charge in [-0.3, -0.25) is 4.79 Å². The molecule has 0 amide bonds. The third kappa shape index (κ3) is 2.71. The van der Waals surface area contributed by atoms with Crippen molar-refractivity contribution in [3.8, 4) is 16.9 Å². The minimum Gasteiger partial charge on any atom is -0.295 e. The molecule has 0 saturated carbocycles. The fraction of sp³-hybridized carbons (Fsp3) is 0.0625. The molecule has 0 radical (unpaired) electrons. The van der Waals surface area contributed by atoms with Crippen molar-refractivity contribution in [2.45, 2.75) is 6.92 Å². The van der Waals surface area contributed by atoms with Crippen LogP contribution >= 0.6 is 11.6 Å². The average molecular weight is 298 g/mol. The molecule has 0 aliphatic rings. The van der Waals surface area contributed by atoms with Crippen LogP contribution in [0, 0.1) is 0 Å². The van der Waals surface area contributed by atoms with Crippen molar-refractivity contribution in [1.29, 1.82) is 0 Å². The van der Waals surface area contributed by atoms with Gasteiger partial charge in [0.25, 0.3) is 0 Å². The molecule has 3 aromatic rings. The van der Waals surface area contributed by atoms with E-state index >= 15 is 0 Å². The van der Waals surface area contributed by atoms with E-state index in [9.17, 15) is 4.79 Å². The first-order chi connectivity index (χ1) is 10.1. The monoisotopic (exact) mass is 297 g/mol. The molecular weight excluding hydrogens is 286 g/mol. The Hall–Kier alpha value is -2.46. The predicted molar refractivity (Wildman–Crippen MR) is 81.8 cm³/mol. The topological polar surface area (TPSA) is 47.8 Å². The number of carbonyl (C=O) groups excluding carboxylic acids is 1. The van der Waals surface area contributed by atoms with Crippen LogP contribution in [-0.2, 0) is 0 Å². The maximum absolute atomic E-state index is 11.3. The van der Waals surface area contributed by atoms with E-state index in [1.165, 1.54) is 0 Å². The molecule has 1 heterocycles. The van der Waals surface area contributed by atoms with Gasteiger partial charge in [-0.15, -0.1) is 5.10 Å². The van der Waals surface area contributed by atoms with Crippen molar-refractivity contribution in [2.75, 3.05) is 0 Å². The Morgan fingerprint density at radius 3 is 2.33 bits per heavy atom. The van der Waals surface area contributed by atoms with Crippen LogP contribution in [0.25, 0.3) is 16.9 Å². The maximum atomic E-state index is 11.3. The molecule has 0 fully saturated rings.